The molecule has 0 aromatic heterocycles. The average Bonchev–Trinajstić information content (AvgIpc) is 3.40. The van der Waals surface area contributed by atoms with Crippen molar-refractivity contribution in [1.29, 1.82) is 0 Å². The second-order valence-corrected chi connectivity index (χ2v) is 9.73. The molecular weight excluding hydrogens is 448 g/mol. The summed E-state index contributed by atoms with van der Waals surface area (Å²) in [5.74, 6) is -4.15. The lowest BCUT2D eigenvalue weighted by Crippen LogP contribution is -2.59. The van der Waals surface area contributed by atoms with Gasteiger partial charge in [-0.3, -0.25) is 14.4 Å². The molecule has 3 fully saturated rings. The summed E-state index contributed by atoms with van der Waals surface area (Å²) in [6.45, 7) is 7.24. The number of aliphatic hydroxyl groups excluding tert-OH is 1. The highest BCUT2D eigenvalue weighted by molar-refractivity contribution is 6.34. The summed E-state index contributed by atoms with van der Waals surface area (Å²) in [5.41, 5.74) is -0.797. The zero-order valence-electron chi connectivity index (χ0n) is 18.7. The smallest absolute Gasteiger partial charge is 0.310 e. The molecule has 3 aliphatic heterocycles. The van der Waals surface area contributed by atoms with E-state index in [0.29, 0.717) is 23.6 Å². The number of rotatable bonds is 8. The molecule has 33 heavy (non-hydrogen) atoms. The lowest BCUT2D eigenvalue weighted by Gasteiger charge is -2.40. The molecule has 3 heterocycles. The van der Waals surface area contributed by atoms with Gasteiger partial charge in [0, 0.05) is 6.54 Å². The molecule has 0 unspecified atom stereocenters. The van der Waals surface area contributed by atoms with Gasteiger partial charge in [0.05, 0.1) is 41.3 Å². The van der Waals surface area contributed by atoms with E-state index in [-0.39, 0.29) is 19.1 Å². The molecular formula is C24H29ClN2O6. The maximum Gasteiger partial charge on any atom is 0.310 e. The Labute approximate surface area is 197 Å². The summed E-state index contributed by atoms with van der Waals surface area (Å²) >= 11 is 6.41. The van der Waals surface area contributed by atoms with E-state index in [4.69, 9.17) is 16.3 Å². The highest BCUT2D eigenvalue weighted by Crippen LogP contribution is 2.59. The van der Waals surface area contributed by atoms with Crippen LogP contribution in [0.5, 0.6) is 0 Å². The first-order valence-electron chi connectivity index (χ1n) is 11.2. The van der Waals surface area contributed by atoms with Crippen molar-refractivity contribution in [3.05, 3.63) is 41.9 Å². The molecule has 1 aromatic carbocycles. The average molecular weight is 477 g/mol. The first-order chi connectivity index (χ1) is 15.7. The molecule has 2 bridgehead atoms. The molecule has 0 radical (unpaired) electrons. The van der Waals surface area contributed by atoms with Gasteiger partial charge in [-0.05, 0) is 30.9 Å². The van der Waals surface area contributed by atoms with E-state index in [9.17, 15) is 24.6 Å². The van der Waals surface area contributed by atoms with Crippen molar-refractivity contribution in [3.8, 4) is 0 Å². The maximum atomic E-state index is 14.2. The van der Waals surface area contributed by atoms with E-state index in [1.54, 1.807) is 30.3 Å². The van der Waals surface area contributed by atoms with Crippen LogP contribution < -0.4 is 4.90 Å². The van der Waals surface area contributed by atoms with Crippen molar-refractivity contribution < 1.29 is 29.3 Å². The Balaban J connectivity index is 1.86. The fourth-order valence-corrected chi connectivity index (χ4v) is 6.12. The Hall–Kier alpha value is -2.42. The number of hydrogen-bond donors (Lipinski definition) is 2. The molecule has 6 atom stereocenters. The fraction of sp³-hybridized carbons (Fsp3) is 0.542. The molecule has 178 valence electrons. The van der Waals surface area contributed by atoms with Crippen LogP contribution in [0.3, 0.4) is 0 Å². The first kappa shape index (κ1) is 23.7. The van der Waals surface area contributed by atoms with Gasteiger partial charge >= 0.3 is 5.97 Å². The molecule has 0 saturated carbocycles. The number of aliphatic carboxylic acids is 1. The van der Waals surface area contributed by atoms with E-state index < -0.39 is 53.4 Å². The maximum absolute atomic E-state index is 14.2. The van der Waals surface area contributed by atoms with Crippen molar-refractivity contribution >= 4 is 35.1 Å². The monoisotopic (exact) mass is 476 g/mol. The van der Waals surface area contributed by atoms with Gasteiger partial charge < -0.3 is 24.7 Å². The van der Waals surface area contributed by atoms with Crippen LogP contribution in [0.25, 0.3) is 0 Å². The topological polar surface area (TPSA) is 107 Å². The summed E-state index contributed by atoms with van der Waals surface area (Å²) < 4.78 is 6.23. The van der Waals surface area contributed by atoms with E-state index in [0.717, 1.165) is 0 Å². The zero-order valence-corrected chi connectivity index (χ0v) is 19.4. The van der Waals surface area contributed by atoms with Gasteiger partial charge in [-0.2, -0.15) is 0 Å². The van der Waals surface area contributed by atoms with Crippen molar-refractivity contribution in [2.45, 2.75) is 50.5 Å². The standard InChI is InChI=1S/C24H29ClN2O6/c1-4-11-26(15-8-6-5-7-14(15)25)22(30)20-24-10-9-17(33-24)18(23(31)32)19(24)21(29)27(20)16(12-28)13(2)3/h4-8,13,16-20,28H,1,9-12H2,2-3H3,(H,31,32)/t16-,17-,18+,19+,20-,24+/m0/s1. The number of ether oxygens (including phenoxy) is 1. The third-order valence-electron chi connectivity index (χ3n) is 7.29. The fourth-order valence-electron chi connectivity index (χ4n) is 5.88. The molecule has 3 aliphatic rings. The van der Waals surface area contributed by atoms with Crippen LogP contribution in [0, 0.1) is 17.8 Å². The summed E-state index contributed by atoms with van der Waals surface area (Å²) in [4.78, 5) is 42.9. The molecule has 0 aliphatic carbocycles. The predicted molar refractivity (Wildman–Crippen MR) is 122 cm³/mol. The number of anilines is 1. The number of halogens is 1. The number of para-hydroxylation sites is 1. The third kappa shape index (κ3) is 3.47. The highest BCUT2D eigenvalue weighted by atomic mass is 35.5. The van der Waals surface area contributed by atoms with Crippen LogP contribution in [0.15, 0.2) is 36.9 Å². The summed E-state index contributed by atoms with van der Waals surface area (Å²) in [5, 5.41) is 20.4. The molecule has 4 rings (SSSR count). The lowest BCUT2D eigenvalue weighted by atomic mass is 9.70. The zero-order chi connectivity index (χ0) is 24.1. The Morgan fingerprint density at radius 2 is 2.09 bits per heavy atom. The largest absolute Gasteiger partial charge is 0.481 e. The summed E-state index contributed by atoms with van der Waals surface area (Å²) in [6, 6.07) is 5.13. The van der Waals surface area contributed by atoms with Crippen LogP contribution in [-0.2, 0) is 19.1 Å². The second kappa shape index (κ2) is 8.74. The van der Waals surface area contributed by atoms with Gasteiger partial charge in [-0.25, -0.2) is 0 Å². The van der Waals surface area contributed by atoms with Crippen LogP contribution in [0.4, 0.5) is 5.69 Å². The summed E-state index contributed by atoms with van der Waals surface area (Å²) in [6.07, 6.45) is 1.80. The van der Waals surface area contributed by atoms with Crippen LogP contribution >= 0.6 is 11.6 Å². The number of benzene rings is 1. The van der Waals surface area contributed by atoms with E-state index in [1.807, 2.05) is 13.8 Å². The van der Waals surface area contributed by atoms with Gasteiger partial charge in [0.15, 0.2) is 0 Å². The van der Waals surface area contributed by atoms with Gasteiger partial charge in [-0.1, -0.05) is 43.7 Å². The van der Waals surface area contributed by atoms with Gasteiger partial charge in [0.1, 0.15) is 11.6 Å². The number of nitrogens with zero attached hydrogens (tertiary/aromatic N) is 2. The van der Waals surface area contributed by atoms with Gasteiger partial charge in [0.25, 0.3) is 5.91 Å². The number of hydrogen-bond acceptors (Lipinski definition) is 5. The van der Waals surface area contributed by atoms with Crippen LogP contribution in [0.1, 0.15) is 26.7 Å². The van der Waals surface area contributed by atoms with Crippen molar-refractivity contribution in [1.82, 2.24) is 4.90 Å². The Morgan fingerprint density at radius 1 is 1.39 bits per heavy atom. The number of fused-ring (bicyclic) bond motifs is 1. The van der Waals surface area contributed by atoms with E-state index in [1.165, 1.54) is 9.80 Å². The minimum Gasteiger partial charge on any atom is -0.481 e. The van der Waals surface area contributed by atoms with Gasteiger partial charge in [-0.15, -0.1) is 6.58 Å². The Bertz CT molecular complexity index is 983. The minimum atomic E-state index is -1.26. The molecule has 8 nitrogen and oxygen atoms in total. The molecule has 2 amide bonds. The molecule has 3 saturated heterocycles. The van der Waals surface area contributed by atoms with Crippen LogP contribution in [0.2, 0.25) is 5.02 Å². The van der Waals surface area contributed by atoms with Crippen molar-refractivity contribution in [2.75, 3.05) is 18.1 Å². The SMILES string of the molecule is C=CCN(C(=O)[C@@H]1N([C@@H](CO)C(C)C)C(=O)[C@H]2[C@H](C(=O)O)[C@@H]3CC[C@]12O3)c1ccccc1Cl. The highest BCUT2D eigenvalue weighted by Gasteiger charge is 2.75. The van der Waals surface area contributed by atoms with E-state index in [2.05, 4.69) is 6.58 Å². The quantitative estimate of drug-likeness (QED) is 0.558. The number of carbonyl (C=O) groups is 3. The van der Waals surface area contributed by atoms with Crippen molar-refractivity contribution in [3.63, 3.8) is 0 Å². The number of amides is 2. The summed E-state index contributed by atoms with van der Waals surface area (Å²) in [7, 11) is 0. The third-order valence-corrected chi connectivity index (χ3v) is 7.61. The number of likely N-dealkylation sites (tertiary alicyclic amines) is 1. The molecule has 2 N–H and O–H groups in total. The lowest BCUT2D eigenvalue weighted by molar-refractivity contribution is -0.151. The predicted octanol–water partition coefficient (Wildman–Crippen LogP) is 2.34. The second-order valence-electron chi connectivity index (χ2n) is 9.32. The molecule has 1 spiro atoms. The Morgan fingerprint density at radius 3 is 2.67 bits per heavy atom. The Kier molecular flexibility index (Phi) is 6.28. The molecule has 1 aromatic rings. The number of carbonyl (C=O) groups excluding carboxylic acids is 2. The molecule has 9 heteroatoms. The van der Waals surface area contributed by atoms with Gasteiger partial charge in [0.2, 0.25) is 5.91 Å². The minimum absolute atomic E-state index is 0.138. The number of aliphatic hydroxyl groups is 1. The first-order valence-corrected chi connectivity index (χ1v) is 11.6. The van der Waals surface area contributed by atoms with Crippen LogP contribution in [-0.4, -0.2) is 69.8 Å². The number of carboxylic acids is 1. The number of carboxylic acid groups (broad SMARTS) is 1. The normalized spacial score (nSPS) is 31.1. The van der Waals surface area contributed by atoms with E-state index >= 15 is 0 Å². The van der Waals surface area contributed by atoms with Crippen molar-refractivity contribution in [2.24, 2.45) is 17.8 Å².